The van der Waals surface area contributed by atoms with Crippen LogP contribution < -0.4 is 16.0 Å². The third kappa shape index (κ3) is 4.00. The topological polar surface area (TPSA) is 144 Å². The van der Waals surface area contributed by atoms with Crippen LogP contribution >= 0.6 is 0 Å². The molecule has 3 rings (SSSR count). The molecule has 9 nitrogen and oxygen atoms in total. The van der Waals surface area contributed by atoms with Gasteiger partial charge in [-0.1, -0.05) is 18.2 Å². The first kappa shape index (κ1) is 19.8. The Hall–Kier alpha value is -2.91. The largest absolute Gasteiger partial charge is 0.394 e. The average molecular weight is 388 g/mol. The molecule has 1 saturated heterocycles. The second-order valence-corrected chi connectivity index (χ2v) is 7.46. The van der Waals surface area contributed by atoms with Crippen molar-refractivity contribution in [2.75, 3.05) is 6.61 Å². The lowest BCUT2D eigenvalue weighted by Crippen LogP contribution is -2.60. The van der Waals surface area contributed by atoms with Crippen molar-refractivity contribution in [2.45, 2.75) is 44.0 Å². The van der Waals surface area contributed by atoms with Crippen LogP contribution in [0, 0.1) is 0 Å². The summed E-state index contributed by atoms with van der Waals surface area (Å²) in [6.45, 7) is 2.13. The molecule has 28 heavy (non-hydrogen) atoms. The first-order chi connectivity index (χ1) is 13.2. The maximum absolute atomic E-state index is 12.7. The molecule has 0 spiro atoms. The normalized spacial score (nSPS) is 24.0. The molecule has 0 unspecified atom stereocenters. The number of amides is 3. The fourth-order valence-corrected chi connectivity index (χ4v) is 3.26. The minimum absolute atomic E-state index is 0.173. The van der Waals surface area contributed by atoms with Gasteiger partial charge in [-0.2, -0.15) is 0 Å². The number of aromatic nitrogens is 1. The molecule has 1 fully saturated rings. The number of hydrogen-bond donors (Lipinski definition) is 6. The van der Waals surface area contributed by atoms with Crippen LogP contribution in [-0.4, -0.2) is 63.3 Å². The molecule has 2 aromatic rings. The molecular weight excluding hydrogens is 364 g/mol. The Morgan fingerprint density at radius 3 is 2.29 bits per heavy atom. The number of aliphatic hydroxyl groups excluding tert-OH is 1. The van der Waals surface area contributed by atoms with Gasteiger partial charge in [-0.15, -0.1) is 0 Å². The van der Waals surface area contributed by atoms with Gasteiger partial charge >= 0.3 is 0 Å². The van der Waals surface area contributed by atoms with Crippen molar-refractivity contribution in [3.8, 4) is 0 Å². The molecule has 1 aliphatic heterocycles. The molecule has 0 saturated carbocycles. The summed E-state index contributed by atoms with van der Waals surface area (Å²) in [5.41, 5.74) is 0.139. The van der Waals surface area contributed by atoms with Crippen molar-refractivity contribution in [1.82, 2.24) is 20.9 Å². The lowest BCUT2D eigenvalue weighted by molar-refractivity contribution is -0.135. The number of nitrogens with one attached hydrogen (secondary N) is 4. The van der Waals surface area contributed by atoms with Gasteiger partial charge in [0.25, 0.3) is 0 Å². The van der Waals surface area contributed by atoms with Crippen LogP contribution in [0.5, 0.6) is 0 Å². The van der Waals surface area contributed by atoms with Gasteiger partial charge < -0.3 is 31.1 Å². The van der Waals surface area contributed by atoms with Gasteiger partial charge in [-0.3, -0.25) is 14.4 Å². The maximum Gasteiger partial charge on any atom is 0.246 e. The van der Waals surface area contributed by atoms with E-state index in [2.05, 4.69) is 20.9 Å². The molecule has 0 bridgehead atoms. The number of H-pyrrole nitrogens is 1. The van der Waals surface area contributed by atoms with Crippen molar-refractivity contribution in [2.24, 2.45) is 0 Å². The van der Waals surface area contributed by atoms with Gasteiger partial charge in [-0.05, 0) is 25.5 Å². The minimum Gasteiger partial charge on any atom is -0.394 e. The van der Waals surface area contributed by atoms with Gasteiger partial charge in [0, 0.05) is 23.5 Å². The first-order valence-corrected chi connectivity index (χ1v) is 9.00. The van der Waals surface area contributed by atoms with Crippen LogP contribution in [0.15, 0.2) is 30.5 Å². The molecule has 9 heteroatoms. The van der Waals surface area contributed by atoms with Crippen LogP contribution in [0.25, 0.3) is 10.9 Å². The Kier molecular flexibility index (Phi) is 5.39. The van der Waals surface area contributed by atoms with Gasteiger partial charge in [0.05, 0.1) is 12.2 Å². The predicted octanol–water partition coefficient (Wildman–Crippen LogP) is -1.06. The summed E-state index contributed by atoms with van der Waals surface area (Å²) in [6, 6.07) is 4.05. The van der Waals surface area contributed by atoms with Crippen molar-refractivity contribution in [3.05, 3.63) is 36.0 Å². The zero-order valence-electron chi connectivity index (χ0n) is 15.7. The van der Waals surface area contributed by atoms with Crippen LogP contribution in [0.1, 0.15) is 19.4 Å². The monoisotopic (exact) mass is 388 g/mol. The van der Waals surface area contributed by atoms with E-state index < -0.39 is 48.1 Å². The van der Waals surface area contributed by atoms with E-state index >= 15 is 0 Å². The summed E-state index contributed by atoms with van der Waals surface area (Å²) >= 11 is 0. The van der Waals surface area contributed by atoms with Gasteiger partial charge in [0.1, 0.15) is 18.1 Å². The van der Waals surface area contributed by atoms with Gasteiger partial charge in [0.2, 0.25) is 17.7 Å². The molecule has 1 aromatic carbocycles. The van der Waals surface area contributed by atoms with Crippen molar-refractivity contribution in [1.29, 1.82) is 0 Å². The maximum atomic E-state index is 12.7. The van der Waals surface area contributed by atoms with E-state index in [9.17, 15) is 24.6 Å². The number of aromatic amines is 1. The van der Waals surface area contributed by atoms with E-state index in [4.69, 9.17) is 0 Å². The summed E-state index contributed by atoms with van der Waals surface area (Å²) < 4.78 is 0. The Balaban J connectivity index is 1.93. The number of para-hydroxylation sites is 1. The molecule has 150 valence electrons. The fraction of sp³-hybridized carbons (Fsp3) is 0.421. The highest BCUT2D eigenvalue weighted by molar-refractivity contribution is 5.98. The molecule has 2 heterocycles. The van der Waals surface area contributed by atoms with Crippen LogP contribution in [0.3, 0.4) is 0 Å². The van der Waals surface area contributed by atoms with Crippen molar-refractivity contribution >= 4 is 28.6 Å². The zero-order valence-corrected chi connectivity index (χ0v) is 15.7. The standard InChI is InChI=1S/C19H24N4O5/c1-19(2,28)15-18(27)21-13(16(25)22-14(9-24)17(26)23-15)7-10-8-20-12-6-4-3-5-11(10)12/h3-6,8,13-15,20,24,28H,7,9H2,1-2H3,(H,21,27)(H,22,25)(H,23,26)/t13-,14-,15+/m0/s1. The number of carbonyl (C=O) groups is 3. The highest BCUT2D eigenvalue weighted by Crippen LogP contribution is 2.20. The van der Waals surface area contributed by atoms with E-state index in [-0.39, 0.29) is 6.42 Å². The molecule has 1 aliphatic rings. The lowest BCUT2D eigenvalue weighted by atomic mass is 9.97. The van der Waals surface area contributed by atoms with E-state index in [1.54, 1.807) is 6.20 Å². The third-order valence-corrected chi connectivity index (χ3v) is 4.80. The number of aliphatic hydroxyl groups is 2. The number of hydrogen-bond acceptors (Lipinski definition) is 5. The summed E-state index contributed by atoms with van der Waals surface area (Å²) in [5.74, 6) is -2.02. The van der Waals surface area contributed by atoms with Gasteiger partial charge in [-0.25, -0.2) is 0 Å². The quantitative estimate of drug-likeness (QED) is 0.396. The zero-order chi connectivity index (χ0) is 20.5. The molecule has 0 aliphatic carbocycles. The molecular formula is C19H24N4O5. The predicted molar refractivity (Wildman–Crippen MR) is 101 cm³/mol. The van der Waals surface area contributed by atoms with E-state index in [1.807, 2.05) is 24.3 Å². The number of benzene rings is 1. The van der Waals surface area contributed by atoms with E-state index in [0.29, 0.717) is 0 Å². The molecule has 3 atom stereocenters. The smallest absolute Gasteiger partial charge is 0.246 e. The Morgan fingerprint density at radius 1 is 0.964 bits per heavy atom. The number of fused-ring (bicyclic) bond motifs is 1. The number of carbonyl (C=O) groups excluding carboxylic acids is 3. The van der Waals surface area contributed by atoms with E-state index in [0.717, 1.165) is 16.5 Å². The molecule has 3 amide bonds. The second kappa shape index (κ2) is 7.61. The van der Waals surface area contributed by atoms with Crippen LogP contribution in [-0.2, 0) is 20.8 Å². The Morgan fingerprint density at radius 2 is 1.61 bits per heavy atom. The Labute approximate surface area is 161 Å². The van der Waals surface area contributed by atoms with E-state index in [1.165, 1.54) is 13.8 Å². The highest BCUT2D eigenvalue weighted by atomic mass is 16.3. The summed E-state index contributed by atoms with van der Waals surface area (Å²) in [6.07, 6.45) is 1.93. The average Bonchev–Trinajstić information content (AvgIpc) is 3.05. The van der Waals surface area contributed by atoms with Crippen LogP contribution in [0.2, 0.25) is 0 Å². The molecule has 1 aromatic heterocycles. The molecule has 0 radical (unpaired) electrons. The lowest BCUT2D eigenvalue weighted by Gasteiger charge is -2.29. The van der Waals surface area contributed by atoms with Crippen molar-refractivity contribution < 1.29 is 24.6 Å². The minimum atomic E-state index is -1.57. The second-order valence-electron chi connectivity index (χ2n) is 7.46. The summed E-state index contributed by atoms with van der Waals surface area (Å²) in [4.78, 5) is 40.9. The van der Waals surface area contributed by atoms with Gasteiger partial charge in [0.15, 0.2) is 0 Å². The molecule has 6 N–H and O–H groups in total. The van der Waals surface area contributed by atoms with Crippen molar-refractivity contribution in [3.63, 3.8) is 0 Å². The highest BCUT2D eigenvalue weighted by Gasteiger charge is 2.40. The summed E-state index contributed by atoms with van der Waals surface area (Å²) in [7, 11) is 0. The first-order valence-electron chi connectivity index (χ1n) is 9.00. The third-order valence-electron chi connectivity index (χ3n) is 4.80. The number of rotatable bonds is 4. The fourth-order valence-electron chi connectivity index (χ4n) is 3.26. The SMILES string of the molecule is CC(C)(O)[C@@H]1NC(=O)[C@H](CO)NC(=O)[C@H](Cc2c[nH]c3ccccc23)NC1=O. The van der Waals surface area contributed by atoms with Crippen LogP contribution in [0.4, 0.5) is 0 Å². The summed E-state index contributed by atoms with van der Waals surface area (Å²) in [5, 5.41) is 28.2. The Bertz CT molecular complexity index is 901.